The number of morpholine rings is 1. The molecular formula is C13H15Cl2N3O3. The van der Waals surface area contributed by atoms with E-state index in [2.05, 4.69) is 10.3 Å². The van der Waals surface area contributed by atoms with E-state index < -0.39 is 0 Å². The molecule has 1 aromatic rings. The van der Waals surface area contributed by atoms with Crippen molar-refractivity contribution in [2.75, 3.05) is 32.8 Å². The van der Waals surface area contributed by atoms with E-state index in [4.69, 9.17) is 27.9 Å². The van der Waals surface area contributed by atoms with Crippen molar-refractivity contribution in [2.45, 2.75) is 6.42 Å². The van der Waals surface area contributed by atoms with Crippen molar-refractivity contribution in [3.8, 4) is 0 Å². The van der Waals surface area contributed by atoms with Gasteiger partial charge in [0.15, 0.2) is 0 Å². The van der Waals surface area contributed by atoms with Crippen LogP contribution in [0, 0.1) is 0 Å². The van der Waals surface area contributed by atoms with Gasteiger partial charge in [0.1, 0.15) is 5.15 Å². The van der Waals surface area contributed by atoms with Crippen LogP contribution in [-0.2, 0) is 9.53 Å². The number of carbonyl (C=O) groups excluding carboxylic acids is 2. The van der Waals surface area contributed by atoms with Crippen LogP contribution in [0.2, 0.25) is 10.2 Å². The Hall–Kier alpha value is -1.37. The Morgan fingerprint density at radius 3 is 2.71 bits per heavy atom. The van der Waals surface area contributed by atoms with E-state index in [1.54, 1.807) is 4.90 Å². The fourth-order valence-electron chi connectivity index (χ4n) is 1.90. The lowest BCUT2D eigenvalue weighted by molar-refractivity contribution is -0.135. The summed E-state index contributed by atoms with van der Waals surface area (Å²) in [6.07, 6.45) is 1.59. The molecule has 0 aliphatic carbocycles. The fraction of sp³-hybridized carbons (Fsp3) is 0.462. The first kappa shape index (κ1) is 16.0. The van der Waals surface area contributed by atoms with Crippen LogP contribution in [0.15, 0.2) is 12.3 Å². The molecule has 1 aliphatic rings. The lowest BCUT2D eigenvalue weighted by Crippen LogP contribution is -2.42. The van der Waals surface area contributed by atoms with E-state index in [0.29, 0.717) is 31.9 Å². The molecule has 0 atom stereocenters. The van der Waals surface area contributed by atoms with Crippen molar-refractivity contribution >= 4 is 35.0 Å². The molecule has 2 heterocycles. The maximum absolute atomic E-state index is 11.9. The van der Waals surface area contributed by atoms with Gasteiger partial charge in [-0.05, 0) is 6.07 Å². The standard InChI is InChI=1S/C13H15Cl2N3O3/c14-10-7-9(8-17-12(10)15)13(20)16-2-1-11(19)18-3-5-21-6-4-18/h7-8H,1-6H2,(H,16,20). The van der Waals surface area contributed by atoms with Crippen molar-refractivity contribution < 1.29 is 14.3 Å². The first-order chi connectivity index (χ1) is 10.1. The highest BCUT2D eigenvalue weighted by Gasteiger charge is 2.16. The van der Waals surface area contributed by atoms with Gasteiger partial charge in [0, 0.05) is 32.3 Å². The number of ether oxygens (including phenoxy) is 1. The van der Waals surface area contributed by atoms with E-state index in [1.807, 2.05) is 0 Å². The van der Waals surface area contributed by atoms with Gasteiger partial charge in [-0.3, -0.25) is 9.59 Å². The Balaban J connectivity index is 1.78. The summed E-state index contributed by atoms with van der Waals surface area (Å²) in [5.41, 5.74) is 0.309. The van der Waals surface area contributed by atoms with Crippen LogP contribution >= 0.6 is 23.2 Å². The maximum Gasteiger partial charge on any atom is 0.252 e. The summed E-state index contributed by atoms with van der Waals surface area (Å²) >= 11 is 11.5. The van der Waals surface area contributed by atoms with E-state index >= 15 is 0 Å². The average molecular weight is 332 g/mol. The molecule has 0 bridgehead atoms. The SMILES string of the molecule is O=C(NCCC(=O)N1CCOCC1)c1cnc(Cl)c(Cl)c1. The van der Waals surface area contributed by atoms with E-state index in [0.717, 1.165) is 0 Å². The molecule has 1 saturated heterocycles. The minimum Gasteiger partial charge on any atom is -0.378 e. The fourth-order valence-corrected chi connectivity index (χ4v) is 2.17. The van der Waals surface area contributed by atoms with Crippen molar-refractivity contribution in [2.24, 2.45) is 0 Å². The molecule has 8 heteroatoms. The number of amides is 2. The topological polar surface area (TPSA) is 71.5 Å². The Morgan fingerprint density at radius 2 is 2.05 bits per heavy atom. The average Bonchev–Trinajstić information content (AvgIpc) is 2.50. The second kappa shape index (κ2) is 7.59. The summed E-state index contributed by atoms with van der Waals surface area (Å²) in [6, 6.07) is 1.44. The Kier molecular flexibility index (Phi) is 5.78. The van der Waals surface area contributed by atoms with Crippen LogP contribution in [0.25, 0.3) is 0 Å². The molecule has 2 amide bonds. The molecule has 0 aromatic carbocycles. The number of aromatic nitrogens is 1. The predicted molar refractivity (Wildman–Crippen MR) is 78.6 cm³/mol. The van der Waals surface area contributed by atoms with E-state index in [1.165, 1.54) is 12.3 Å². The van der Waals surface area contributed by atoms with Crippen LogP contribution < -0.4 is 5.32 Å². The van der Waals surface area contributed by atoms with Gasteiger partial charge in [0.2, 0.25) is 5.91 Å². The van der Waals surface area contributed by atoms with E-state index in [-0.39, 0.29) is 35.0 Å². The van der Waals surface area contributed by atoms with Crippen LogP contribution in [0.3, 0.4) is 0 Å². The van der Waals surface area contributed by atoms with Crippen molar-refractivity contribution in [3.05, 3.63) is 28.0 Å². The third-order valence-corrected chi connectivity index (χ3v) is 3.73. The second-order valence-electron chi connectivity index (χ2n) is 4.50. The van der Waals surface area contributed by atoms with Gasteiger partial charge in [0.25, 0.3) is 5.91 Å². The second-order valence-corrected chi connectivity index (χ2v) is 5.26. The van der Waals surface area contributed by atoms with Gasteiger partial charge in [0.05, 0.1) is 23.8 Å². The van der Waals surface area contributed by atoms with Gasteiger partial charge in [-0.2, -0.15) is 0 Å². The number of halogens is 2. The van der Waals surface area contributed by atoms with Crippen LogP contribution in [0.5, 0.6) is 0 Å². The Bertz CT molecular complexity index is 533. The molecule has 0 unspecified atom stereocenters. The molecule has 21 heavy (non-hydrogen) atoms. The van der Waals surface area contributed by atoms with Crippen LogP contribution in [0.1, 0.15) is 16.8 Å². The monoisotopic (exact) mass is 331 g/mol. The molecule has 2 rings (SSSR count). The first-order valence-electron chi connectivity index (χ1n) is 6.52. The van der Waals surface area contributed by atoms with Gasteiger partial charge in [-0.15, -0.1) is 0 Å². The first-order valence-corrected chi connectivity index (χ1v) is 7.28. The lowest BCUT2D eigenvalue weighted by Gasteiger charge is -2.26. The van der Waals surface area contributed by atoms with Crippen molar-refractivity contribution in [1.29, 1.82) is 0 Å². The Morgan fingerprint density at radius 1 is 1.33 bits per heavy atom. The zero-order valence-electron chi connectivity index (χ0n) is 11.3. The summed E-state index contributed by atoms with van der Waals surface area (Å²) in [5.74, 6) is -0.332. The highest BCUT2D eigenvalue weighted by atomic mass is 35.5. The largest absolute Gasteiger partial charge is 0.378 e. The molecule has 1 N–H and O–H groups in total. The highest BCUT2D eigenvalue weighted by Crippen LogP contribution is 2.19. The van der Waals surface area contributed by atoms with Gasteiger partial charge in [-0.1, -0.05) is 23.2 Å². The highest BCUT2D eigenvalue weighted by molar-refractivity contribution is 6.41. The minimum absolute atomic E-state index is 0.00543. The van der Waals surface area contributed by atoms with Gasteiger partial charge >= 0.3 is 0 Å². The molecule has 0 spiro atoms. The van der Waals surface area contributed by atoms with E-state index in [9.17, 15) is 9.59 Å². The number of hydrogen-bond acceptors (Lipinski definition) is 4. The summed E-state index contributed by atoms with van der Waals surface area (Å²) in [6.45, 7) is 2.59. The molecule has 6 nitrogen and oxygen atoms in total. The summed E-state index contributed by atoms with van der Waals surface area (Å²) < 4.78 is 5.18. The molecule has 114 valence electrons. The Labute approximate surface area is 132 Å². The number of nitrogens with zero attached hydrogens (tertiary/aromatic N) is 2. The molecule has 1 fully saturated rings. The molecule has 1 aliphatic heterocycles. The lowest BCUT2D eigenvalue weighted by atomic mass is 10.2. The quantitative estimate of drug-likeness (QED) is 0.846. The van der Waals surface area contributed by atoms with Gasteiger partial charge < -0.3 is 15.0 Å². The smallest absolute Gasteiger partial charge is 0.252 e. The zero-order valence-corrected chi connectivity index (χ0v) is 12.8. The summed E-state index contributed by atoms with van der Waals surface area (Å²) in [4.78, 5) is 29.3. The number of hydrogen-bond donors (Lipinski definition) is 1. The molecular weight excluding hydrogens is 317 g/mol. The van der Waals surface area contributed by atoms with Crippen molar-refractivity contribution in [1.82, 2.24) is 15.2 Å². The number of carbonyl (C=O) groups is 2. The van der Waals surface area contributed by atoms with Crippen molar-refractivity contribution in [3.63, 3.8) is 0 Å². The predicted octanol–water partition coefficient (Wildman–Crippen LogP) is 1.37. The summed E-state index contributed by atoms with van der Waals surface area (Å²) in [5, 5.41) is 3.02. The number of nitrogens with one attached hydrogen (secondary N) is 1. The third-order valence-electron chi connectivity index (χ3n) is 3.05. The van der Waals surface area contributed by atoms with Crippen LogP contribution in [-0.4, -0.2) is 54.5 Å². The number of rotatable bonds is 4. The summed E-state index contributed by atoms with van der Waals surface area (Å²) in [7, 11) is 0. The maximum atomic E-state index is 11.9. The third kappa shape index (κ3) is 4.56. The molecule has 0 radical (unpaired) electrons. The molecule has 1 aromatic heterocycles. The minimum atomic E-state index is -0.337. The zero-order chi connectivity index (χ0) is 15.2. The number of pyridine rings is 1. The molecule has 0 saturated carbocycles. The normalized spacial score (nSPS) is 14.9. The van der Waals surface area contributed by atoms with Gasteiger partial charge in [-0.25, -0.2) is 4.98 Å². The van der Waals surface area contributed by atoms with Crippen LogP contribution in [0.4, 0.5) is 0 Å².